The molecule has 1 aromatic heterocycles. The first kappa shape index (κ1) is 8.10. The smallest absolute Gasteiger partial charge is 0.223 e. The average molecular weight is 176 g/mol. The van der Waals surface area contributed by atoms with Crippen LogP contribution in [-0.4, -0.2) is 4.98 Å². The topological polar surface area (TPSA) is 34.1 Å². The zero-order valence-electron chi connectivity index (χ0n) is 7.79. The van der Waals surface area contributed by atoms with Gasteiger partial charge in [0.05, 0.1) is 0 Å². The van der Waals surface area contributed by atoms with Crippen LogP contribution in [0.2, 0.25) is 0 Å². The van der Waals surface area contributed by atoms with Gasteiger partial charge in [-0.1, -0.05) is 6.07 Å². The average Bonchev–Trinajstić information content (AvgIpc) is 2.28. The summed E-state index contributed by atoms with van der Waals surface area (Å²) >= 11 is 0. The quantitative estimate of drug-likeness (QED) is 0.654. The summed E-state index contributed by atoms with van der Waals surface area (Å²) in [7, 11) is 0. The fourth-order valence-electron chi connectivity index (χ4n) is 1.22. The maximum Gasteiger partial charge on any atom is 0.223 e. The highest BCUT2D eigenvalue weighted by Crippen LogP contribution is 2.20. The molecule has 0 atom stereocenters. The molecule has 0 aliphatic carbocycles. The van der Waals surface area contributed by atoms with Crippen molar-refractivity contribution >= 4 is 0 Å². The van der Waals surface area contributed by atoms with Gasteiger partial charge in [0.2, 0.25) is 5.88 Å². The van der Waals surface area contributed by atoms with Crippen LogP contribution >= 0.6 is 0 Å². The van der Waals surface area contributed by atoms with Gasteiger partial charge in [0.25, 0.3) is 0 Å². The molecular weight excluding hydrogens is 164 g/mol. The van der Waals surface area contributed by atoms with E-state index in [0.29, 0.717) is 5.88 Å². The van der Waals surface area contributed by atoms with Gasteiger partial charge in [-0.2, -0.15) is 0 Å². The molecule has 0 fully saturated rings. The molecule has 0 aromatic carbocycles. The van der Waals surface area contributed by atoms with Crippen molar-refractivity contribution in [3.63, 3.8) is 0 Å². The van der Waals surface area contributed by atoms with Crippen LogP contribution in [0.25, 0.3) is 0 Å². The second-order valence-electron chi connectivity index (χ2n) is 3.10. The van der Waals surface area contributed by atoms with Crippen molar-refractivity contribution < 1.29 is 4.74 Å². The molecule has 0 radical (unpaired) electrons. The highest BCUT2D eigenvalue weighted by molar-refractivity contribution is 5.29. The molecule has 0 bridgehead atoms. The minimum atomic E-state index is 0.712. The van der Waals surface area contributed by atoms with Gasteiger partial charge in [-0.05, 0) is 19.9 Å². The van der Waals surface area contributed by atoms with Crippen molar-refractivity contribution in [2.24, 2.45) is 0 Å². The number of allylic oxidation sites excluding steroid dienone is 2. The number of aromatic nitrogens is 1. The maximum atomic E-state index is 5.58. The number of hydrogen-bond donors (Lipinski definition) is 1. The lowest BCUT2D eigenvalue weighted by molar-refractivity contribution is 0.404. The first-order chi connectivity index (χ1) is 6.27. The van der Waals surface area contributed by atoms with E-state index in [1.165, 1.54) is 0 Å². The Morgan fingerprint density at radius 2 is 2.31 bits per heavy atom. The van der Waals surface area contributed by atoms with Gasteiger partial charge in [0.1, 0.15) is 5.76 Å². The van der Waals surface area contributed by atoms with Crippen LogP contribution in [0.15, 0.2) is 29.8 Å². The molecule has 0 saturated heterocycles. The Hall–Kier alpha value is -1.51. The summed E-state index contributed by atoms with van der Waals surface area (Å²) in [4.78, 5) is 4.17. The van der Waals surface area contributed by atoms with E-state index in [-0.39, 0.29) is 0 Å². The van der Waals surface area contributed by atoms with Gasteiger partial charge in [-0.25, -0.2) is 4.98 Å². The van der Waals surface area contributed by atoms with Crippen molar-refractivity contribution in [2.75, 3.05) is 0 Å². The normalized spacial score (nSPS) is 15.5. The van der Waals surface area contributed by atoms with Crippen LogP contribution in [-0.2, 0) is 6.54 Å². The molecule has 2 rings (SSSR count). The van der Waals surface area contributed by atoms with Crippen molar-refractivity contribution in [3.8, 4) is 5.88 Å². The summed E-state index contributed by atoms with van der Waals surface area (Å²) in [5.74, 6) is 1.60. The third-order valence-corrected chi connectivity index (χ3v) is 2.17. The molecule has 1 N–H and O–H groups in total. The van der Waals surface area contributed by atoms with Crippen molar-refractivity contribution in [3.05, 3.63) is 35.3 Å². The fourth-order valence-corrected chi connectivity index (χ4v) is 1.22. The third-order valence-electron chi connectivity index (χ3n) is 2.17. The first-order valence-electron chi connectivity index (χ1n) is 4.30. The summed E-state index contributed by atoms with van der Waals surface area (Å²) in [6.45, 7) is 4.72. The second kappa shape index (κ2) is 3.09. The van der Waals surface area contributed by atoms with E-state index in [0.717, 1.165) is 23.6 Å². The molecule has 0 unspecified atom stereocenters. The molecule has 68 valence electrons. The van der Waals surface area contributed by atoms with Gasteiger partial charge >= 0.3 is 0 Å². The van der Waals surface area contributed by atoms with E-state index in [1.807, 2.05) is 26.0 Å². The zero-order chi connectivity index (χ0) is 9.26. The SMILES string of the molecule is CC1=C(C)Oc2ncccc2CN1. The van der Waals surface area contributed by atoms with E-state index in [9.17, 15) is 0 Å². The van der Waals surface area contributed by atoms with Gasteiger partial charge in [-0.15, -0.1) is 0 Å². The Labute approximate surface area is 77.4 Å². The number of pyridine rings is 1. The first-order valence-corrected chi connectivity index (χ1v) is 4.30. The van der Waals surface area contributed by atoms with Crippen LogP contribution in [0.3, 0.4) is 0 Å². The second-order valence-corrected chi connectivity index (χ2v) is 3.10. The van der Waals surface area contributed by atoms with E-state index in [1.54, 1.807) is 6.20 Å². The van der Waals surface area contributed by atoms with Gasteiger partial charge in [0.15, 0.2) is 0 Å². The summed E-state index contributed by atoms with van der Waals surface area (Å²) in [6.07, 6.45) is 1.74. The Morgan fingerprint density at radius 3 is 3.15 bits per heavy atom. The van der Waals surface area contributed by atoms with E-state index in [2.05, 4.69) is 10.3 Å². The fraction of sp³-hybridized carbons (Fsp3) is 0.300. The van der Waals surface area contributed by atoms with Crippen molar-refractivity contribution in [2.45, 2.75) is 20.4 Å². The molecule has 2 heterocycles. The molecule has 1 aliphatic rings. The highest BCUT2D eigenvalue weighted by Gasteiger charge is 2.11. The Kier molecular flexibility index (Phi) is 1.93. The van der Waals surface area contributed by atoms with E-state index in [4.69, 9.17) is 4.74 Å². The summed E-state index contributed by atoms with van der Waals surface area (Å²) in [6, 6.07) is 3.93. The van der Waals surface area contributed by atoms with Crippen molar-refractivity contribution in [1.29, 1.82) is 0 Å². The number of hydrogen-bond acceptors (Lipinski definition) is 3. The molecule has 0 amide bonds. The van der Waals surface area contributed by atoms with E-state index >= 15 is 0 Å². The molecular formula is C10H12N2O. The number of fused-ring (bicyclic) bond motifs is 1. The number of nitrogens with one attached hydrogen (secondary N) is 1. The van der Waals surface area contributed by atoms with Gasteiger partial charge < -0.3 is 10.1 Å². The molecule has 1 aliphatic heterocycles. The lowest BCUT2D eigenvalue weighted by atomic mass is 10.3. The standard InChI is InChI=1S/C10H12N2O/c1-7-8(2)13-10-9(6-12-7)4-3-5-11-10/h3-5,12H,6H2,1-2H3. The van der Waals surface area contributed by atoms with Gasteiger partial charge in [-0.3, -0.25) is 0 Å². The largest absolute Gasteiger partial charge is 0.442 e. The van der Waals surface area contributed by atoms with Crippen LogP contribution < -0.4 is 10.1 Å². The highest BCUT2D eigenvalue weighted by atomic mass is 16.5. The predicted molar refractivity (Wildman–Crippen MR) is 50.1 cm³/mol. The third kappa shape index (κ3) is 1.49. The minimum absolute atomic E-state index is 0.712. The van der Waals surface area contributed by atoms with Crippen LogP contribution in [0, 0.1) is 0 Å². The summed E-state index contributed by atoms with van der Waals surface area (Å²) in [5.41, 5.74) is 2.16. The number of nitrogens with zero attached hydrogens (tertiary/aromatic N) is 1. The van der Waals surface area contributed by atoms with Crippen molar-refractivity contribution in [1.82, 2.24) is 10.3 Å². The molecule has 13 heavy (non-hydrogen) atoms. The molecule has 3 nitrogen and oxygen atoms in total. The van der Waals surface area contributed by atoms with E-state index < -0.39 is 0 Å². The minimum Gasteiger partial charge on any atom is -0.442 e. The van der Waals surface area contributed by atoms with Crippen LogP contribution in [0.5, 0.6) is 5.88 Å². The summed E-state index contributed by atoms with van der Waals surface area (Å²) in [5, 5.41) is 3.27. The van der Waals surface area contributed by atoms with Gasteiger partial charge in [0, 0.05) is 24.0 Å². The molecule has 3 heteroatoms. The van der Waals surface area contributed by atoms with Crippen LogP contribution in [0.1, 0.15) is 19.4 Å². The summed E-state index contributed by atoms with van der Waals surface area (Å²) < 4.78 is 5.58. The zero-order valence-corrected chi connectivity index (χ0v) is 7.79. The van der Waals surface area contributed by atoms with Crippen LogP contribution in [0.4, 0.5) is 0 Å². The molecule has 0 saturated carbocycles. The monoisotopic (exact) mass is 176 g/mol. The lowest BCUT2D eigenvalue weighted by Gasteiger charge is -2.04. The maximum absolute atomic E-state index is 5.58. The Morgan fingerprint density at radius 1 is 1.46 bits per heavy atom. The molecule has 1 aromatic rings. The number of rotatable bonds is 0. The lowest BCUT2D eigenvalue weighted by Crippen LogP contribution is -2.09. The predicted octanol–water partition coefficient (Wildman–Crippen LogP) is 1.81. The Bertz CT molecular complexity index is 358. The Balaban J connectivity index is 2.39. The molecule has 0 spiro atoms. The number of ether oxygens (including phenoxy) is 1.